The summed E-state index contributed by atoms with van der Waals surface area (Å²) in [6.45, 7) is 0. The predicted molar refractivity (Wildman–Crippen MR) is 96.0 cm³/mol. The maximum absolute atomic E-state index is 7.32. The quantitative estimate of drug-likeness (QED) is 0.547. The molecule has 1 aromatic carbocycles. The second kappa shape index (κ2) is 4.80. The first-order valence-electron chi connectivity index (χ1n) is 10.2. The molecule has 0 amide bonds. The van der Waals surface area contributed by atoms with Crippen LogP contribution in [0.3, 0.4) is 0 Å². The summed E-state index contributed by atoms with van der Waals surface area (Å²) in [5, 5.41) is 0.892. The topological polar surface area (TPSA) is 9.23 Å². The normalized spacial score (nSPS) is 44.4. The zero-order valence-electron chi connectivity index (χ0n) is 14.4. The predicted octanol–water partition coefficient (Wildman–Crippen LogP) is 6.18. The third-order valence-electron chi connectivity index (χ3n) is 8.27. The Kier molecular flexibility index (Phi) is 2.92. The molecule has 0 unspecified atom stereocenters. The summed E-state index contributed by atoms with van der Waals surface area (Å²) in [4.78, 5) is 0. The molecule has 0 saturated heterocycles. The lowest BCUT2D eigenvalue weighted by Gasteiger charge is -2.60. The van der Waals surface area contributed by atoms with Crippen molar-refractivity contribution in [2.45, 2.75) is 75.4 Å². The Morgan fingerprint density at radius 3 is 2.17 bits per heavy atom. The van der Waals surface area contributed by atoms with E-state index in [-0.39, 0.29) is 11.2 Å². The highest BCUT2D eigenvalue weighted by atomic mass is 35.5. The molecule has 128 valence electrons. The molecule has 6 aliphatic rings. The summed E-state index contributed by atoms with van der Waals surface area (Å²) in [5.74, 6) is 3.49. The lowest BCUT2D eigenvalue weighted by molar-refractivity contribution is -0.257. The number of halogens is 1. The maximum atomic E-state index is 7.32. The van der Waals surface area contributed by atoms with Crippen molar-refractivity contribution in [2.75, 3.05) is 0 Å². The van der Waals surface area contributed by atoms with E-state index in [1.165, 1.54) is 69.8 Å². The van der Waals surface area contributed by atoms with Crippen molar-refractivity contribution in [3.8, 4) is 0 Å². The third-order valence-corrected chi connectivity index (χ3v) is 8.51. The van der Waals surface area contributed by atoms with Crippen LogP contribution >= 0.6 is 11.6 Å². The Morgan fingerprint density at radius 2 is 1.50 bits per heavy atom. The summed E-state index contributed by atoms with van der Waals surface area (Å²) < 4.78 is 7.32. The fraction of sp³-hybridized carbons (Fsp3) is 0.727. The van der Waals surface area contributed by atoms with Crippen molar-refractivity contribution in [1.82, 2.24) is 0 Å². The van der Waals surface area contributed by atoms with Crippen molar-refractivity contribution >= 4 is 11.6 Å². The minimum atomic E-state index is -0.0200. The molecular formula is C22H27ClO. The van der Waals surface area contributed by atoms with Crippen LogP contribution in [0.15, 0.2) is 18.2 Å². The second-order valence-electron chi connectivity index (χ2n) is 9.44. The Balaban J connectivity index is 1.54. The van der Waals surface area contributed by atoms with E-state index >= 15 is 0 Å². The van der Waals surface area contributed by atoms with Gasteiger partial charge in [0.1, 0.15) is 5.60 Å². The molecule has 0 aromatic heterocycles. The van der Waals surface area contributed by atoms with E-state index in [1.54, 1.807) is 5.56 Å². The lowest BCUT2D eigenvalue weighted by Crippen LogP contribution is -2.56. The Bertz CT molecular complexity index is 659. The van der Waals surface area contributed by atoms with Gasteiger partial charge in [0.05, 0.1) is 5.60 Å². The van der Waals surface area contributed by atoms with E-state index in [9.17, 15) is 0 Å². The van der Waals surface area contributed by atoms with E-state index in [1.807, 2.05) is 0 Å². The molecule has 0 N–H and O–H groups in total. The average molecular weight is 343 g/mol. The van der Waals surface area contributed by atoms with E-state index in [4.69, 9.17) is 16.3 Å². The number of ether oxygens (including phenoxy) is 1. The zero-order valence-corrected chi connectivity index (χ0v) is 15.2. The minimum absolute atomic E-state index is 0.0200. The van der Waals surface area contributed by atoms with Gasteiger partial charge in [0.25, 0.3) is 0 Å². The summed E-state index contributed by atoms with van der Waals surface area (Å²) in [5.41, 5.74) is 3.03. The highest BCUT2D eigenvalue weighted by Crippen LogP contribution is 2.69. The number of hydrogen-bond donors (Lipinski definition) is 0. The summed E-state index contributed by atoms with van der Waals surface area (Å²) in [7, 11) is 0. The largest absolute Gasteiger partial charge is 0.359 e. The van der Waals surface area contributed by atoms with Gasteiger partial charge in [0, 0.05) is 5.02 Å². The van der Waals surface area contributed by atoms with E-state index in [2.05, 4.69) is 18.2 Å². The Labute approximate surface area is 150 Å². The third kappa shape index (κ3) is 1.71. The molecule has 7 rings (SSSR count). The molecular weight excluding hydrogens is 316 g/mol. The fourth-order valence-corrected chi connectivity index (χ4v) is 7.82. The Morgan fingerprint density at radius 1 is 0.833 bits per heavy atom. The first kappa shape index (κ1) is 14.6. The van der Waals surface area contributed by atoms with Crippen molar-refractivity contribution in [2.24, 2.45) is 23.7 Å². The fourth-order valence-electron chi connectivity index (χ4n) is 7.65. The van der Waals surface area contributed by atoms with Crippen LogP contribution in [0, 0.1) is 23.7 Å². The van der Waals surface area contributed by atoms with Gasteiger partial charge >= 0.3 is 0 Å². The van der Waals surface area contributed by atoms with Gasteiger partial charge in [0.2, 0.25) is 0 Å². The summed E-state index contributed by atoms with van der Waals surface area (Å²) in [6, 6.07) is 6.74. The van der Waals surface area contributed by atoms with Crippen molar-refractivity contribution in [1.29, 1.82) is 0 Å². The molecule has 2 heteroatoms. The molecule has 5 saturated carbocycles. The van der Waals surface area contributed by atoms with Crippen molar-refractivity contribution in [3.05, 3.63) is 34.3 Å². The highest BCUT2D eigenvalue weighted by Gasteiger charge is 2.65. The highest BCUT2D eigenvalue weighted by molar-refractivity contribution is 6.30. The lowest BCUT2D eigenvalue weighted by atomic mass is 9.48. The van der Waals surface area contributed by atoms with E-state index in [0.717, 1.165) is 28.7 Å². The van der Waals surface area contributed by atoms with Gasteiger partial charge in [-0.25, -0.2) is 0 Å². The molecule has 24 heavy (non-hydrogen) atoms. The SMILES string of the molecule is Clc1ccc2c(c1)C1(CCCCC1)OC21C2CC3CC(C2)CC1C3. The molecule has 1 aliphatic heterocycles. The van der Waals surface area contributed by atoms with Gasteiger partial charge in [-0.2, -0.15) is 0 Å². The number of fused-ring (bicyclic) bond motifs is 2. The molecule has 0 atom stereocenters. The molecule has 0 radical (unpaired) electrons. The molecule has 1 nitrogen and oxygen atoms in total. The monoisotopic (exact) mass is 342 g/mol. The molecule has 5 fully saturated rings. The average Bonchev–Trinajstić information content (AvgIpc) is 2.84. The van der Waals surface area contributed by atoms with Crippen LogP contribution in [0.5, 0.6) is 0 Å². The summed E-state index contributed by atoms with van der Waals surface area (Å²) in [6.07, 6.45) is 13.5. The van der Waals surface area contributed by atoms with Crippen LogP contribution in [0.2, 0.25) is 5.02 Å². The van der Waals surface area contributed by atoms with E-state index < -0.39 is 0 Å². The van der Waals surface area contributed by atoms with Gasteiger partial charge in [-0.1, -0.05) is 36.9 Å². The molecule has 4 bridgehead atoms. The summed E-state index contributed by atoms with van der Waals surface area (Å²) >= 11 is 6.45. The van der Waals surface area contributed by atoms with Crippen LogP contribution in [-0.4, -0.2) is 0 Å². The number of rotatable bonds is 0. The van der Waals surface area contributed by atoms with Crippen LogP contribution in [-0.2, 0) is 15.9 Å². The zero-order chi connectivity index (χ0) is 15.9. The van der Waals surface area contributed by atoms with Crippen LogP contribution in [0.1, 0.15) is 75.3 Å². The number of benzene rings is 1. The smallest absolute Gasteiger partial charge is 0.100 e. The maximum Gasteiger partial charge on any atom is 0.100 e. The van der Waals surface area contributed by atoms with Crippen LogP contribution in [0.4, 0.5) is 0 Å². The number of hydrogen-bond acceptors (Lipinski definition) is 1. The Hall–Kier alpha value is -0.530. The second-order valence-corrected chi connectivity index (χ2v) is 9.88. The van der Waals surface area contributed by atoms with Gasteiger partial charge in [-0.15, -0.1) is 0 Å². The molecule has 2 spiro atoms. The standard InChI is InChI=1S/C22H27ClO/c23-18-4-5-19-20(13-18)21(6-2-1-3-7-21)24-22(19)16-9-14-8-15(11-16)12-17(22)10-14/h4-5,13-17H,1-3,6-12H2. The first-order valence-corrected chi connectivity index (χ1v) is 10.6. The molecule has 5 aliphatic carbocycles. The van der Waals surface area contributed by atoms with Crippen molar-refractivity contribution in [3.63, 3.8) is 0 Å². The minimum Gasteiger partial charge on any atom is -0.359 e. The van der Waals surface area contributed by atoms with Crippen molar-refractivity contribution < 1.29 is 4.74 Å². The van der Waals surface area contributed by atoms with Gasteiger partial charge < -0.3 is 4.74 Å². The molecule has 1 aromatic rings. The van der Waals surface area contributed by atoms with Gasteiger partial charge in [-0.3, -0.25) is 0 Å². The molecule has 1 heterocycles. The van der Waals surface area contributed by atoms with Crippen LogP contribution < -0.4 is 0 Å². The van der Waals surface area contributed by atoms with Gasteiger partial charge in [0.15, 0.2) is 0 Å². The van der Waals surface area contributed by atoms with Crippen LogP contribution in [0.25, 0.3) is 0 Å². The first-order chi connectivity index (χ1) is 11.7. The van der Waals surface area contributed by atoms with E-state index in [0.29, 0.717) is 0 Å². The van der Waals surface area contributed by atoms with Gasteiger partial charge in [-0.05, 0) is 91.9 Å².